The number of allylic oxidation sites excluding steroid dienone is 2. The number of phenols is 4. The van der Waals surface area contributed by atoms with Crippen molar-refractivity contribution in [2.24, 2.45) is 0 Å². The molecule has 0 fully saturated rings. The minimum absolute atomic E-state index is 0.0411. The number of phenolic OH excluding ortho intramolecular Hbond substituents is 4. The molecule has 276 valence electrons. The normalized spacial score (nSPS) is 12.8. The SMILES string of the molecule is COc1c(-c2cc(CCC=O)ccc2O)cc(CCCC=O)c(O)c1OC.COc1c2cc(c(O)c1OC)CCC/C=C/CCc1ccc(O)c-2c1. The van der Waals surface area contributed by atoms with E-state index in [1.54, 1.807) is 37.4 Å². The molecule has 4 aromatic carbocycles. The van der Waals surface area contributed by atoms with Crippen LogP contribution in [-0.2, 0) is 35.3 Å². The largest absolute Gasteiger partial charge is 0.507 e. The zero-order valence-corrected chi connectivity index (χ0v) is 30.2. The van der Waals surface area contributed by atoms with Crippen LogP contribution in [0.4, 0.5) is 0 Å². The van der Waals surface area contributed by atoms with Gasteiger partial charge in [-0.15, -0.1) is 0 Å². The number of hydrogen-bond donors (Lipinski definition) is 4. The second kappa shape index (κ2) is 19.1. The van der Waals surface area contributed by atoms with E-state index in [1.165, 1.54) is 21.3 Å². The number of methoxy groups -OCH3 is 4. The molecular weight excluding hydrogens is 664 g/mol. The number of carbonyl (C=O) groups excluding carboxylic acids is 2. The van der Waals surface area contributed by atoms with Crippen LogP contribution in [0.3, 0.4) is 0 Å². The van der Waals surface area contributed by atoms with Gasteiger partial charge in [0.2, 0.25) is 11.5 Å². The predicted octanol–water partition coefficient (Wildman–Crippen LogP) is 8.04. The Balaban J connectivity index is 0.000000233. The van der Waals surface area contributed by atoms with Gasteiger partial charge in [0.05, 0.1) is 28.4 Å². The van der Waals surface area contributed by atoms with E-state index in [4.69, 9.17) is 18.9 Å². The molecule has 1 aliphatic carbocycles. The Kier molecular flexibility index (Phi) is 14.4. The number of rotatable bonds is 12. The standard InChI is InChI=1S/C21H24O6.C21H24O4/c1-26-20-17(16-12-14(6-5-11-23)8-9-18(16)24)13-15(7-3-4-10-22)19(25)21(20)27-2;1-24-20-17-13-15(19(23)21(20)25-2)9-7-5-3-4-6-8-14-10-11-18(22)16(17)12-14/h8-13,24-25H,3-7H2,1-2H3;3-4,10-13,22-23H,5-9H2,1-2H3/b;4-3+. The lowest BCUT2D eigenvalue weighted by molar-refractivity contribution is -0.108. The van der Waals surface area contributed by atoms with Crippen molar-refractivity contribution in [3.05, 3.63) is 82.9 Å². The van der Waals surface area contributed by atoms with Crippen LogP contribution in [0.2, 0.25) is 0 Å². The lowest BCUT2D eigenvalue weighted by Crippen LogP contribution is -1.99. The zero-order valence-electron chi connectivity index (χ0n) is 30.2. The van der Waals surface area contributed by atoms with Gasteiger partial charge < -0.3 is 49.0 Å². The molecule has 0 aliphatic heterocycles. The minimum Gasteiger partial charge on any atom is -0.507 e. The minimum atomic E-state index is -0.0411. The van der Waals surface area contributed by atoms with Gasteiger partial charge >= 0.3 is 0 Å². The van der Waals surface area contributed by atoms with E-state index in [9.17, 15) is 30.0 Å². The Morgan fingerprint density at radius 3 is 1.85 bits per heavy atom. The molecule has 0 heterocycles. The molecule has 0 amide bonds. The lowest BCUT2D eigenvalue weighted by atomic mass is 9.95. The fourth-order valence-electron chi connectivity index (χ4n) is 6.34. The van der Waals surface area contributed by atoms with E-state index in [-0.39, 0.29) is 28.7 Å². The molecule has 10 heteroatoms. The monoisotopic (exact) mass is 712 g/mol. The van der Waals surface area contributed by atoms with Gasteiger partial charge in [-0.25, -0.2) is 0 Å². The molecular formula is C42H48O10. The average Bonchev–Trinajstić information content (AvgIpc) is 3.16. The molecule has 0 saturated heterocycles. The number of unbranched alkanes of at least 4 members (excludes halogenated alkanes) is 1. The maximum Gasteiger partial charge on any atom is 0.203 e. The molecule has 0 radical (unpaired) electrons. The van der Waals surface area contributed by atoms with Crippen LogP contribution in [0.1, 0.15) is 60.8 Å². The Morgan fingerprint density at radius 1 is 0.596 bits per heavy atom. The predicted molar refractivity (Wildman–Crippen MR) is 200 cm³/mol. The highest BCUT2D eigenvalue weighted by Gasteiger charge is 2.24. The number of aromatic hydroxyl groups is 4. The smallest absolute Gasteiger partial charge is 0.203 e. The van der Waals surface area contributed by atoms with E-state index in [0.717, 1.165) is 66.9 Å². The lowest BCUT2D eigenvalue weighted by Gasteiger charge is -2.18. The summed E-state index contributed by atoms with van der Waals surface area (Å²) in [7, 11) is 5.94. The van der Waals surface area contributed by atoms with Crippen LogP contribution in [0, 0.1) is 0 Å². The summed E-state index contributed by atoms with van der Waals surface area (Å²) in [6.07, 6.45) is 13.0. The molecule has 4 N–H and O–H groups in total. The average molecular weight is 713 g/mol. The maximum absolute atomic E-state index is 10.7. The first-order chi connectivity index (χ1) is 25.2. The van der Waals surface area contributed by atoms with Crippen molar-refractivity contribution in [1.29, 1.82) is 0 Å². The van der Waals surface area contributed by atoms with Crippen molar-refractivity contribution in [3.63, 3.8) is 0 Å². The van der Waals surface area contributed by atoms with Crippen LogP contribution in [0.15, 0.2) is 60.7 Å². The first kappa shape index (κ1) is 39.2. The van der Waals surface area contributed by atoms with E-state index in [1.807, 2.05) is 18.2 Å². The molecule has 4 bridgehead atoms. The number of aldehydes is 2. The van der Waals surface area contributed by atoms with Crippen molar-refractivity contribution in [3.8, 4) is 68.2 Å². The van der Waals surface area contributed by atoms with Gasteiger partial charge in [0.1, 0.15) is 24.1 Å². The molecule has 52 heavy (non-hydrogen) atoms. The number of ether oxygens (including phenoxy) is 4. The summed E-state index contributed by atoms with van der Waals surface area (Å²) >= 11 is 0. The van der Waals surface area contributed by atoms with Crippen molar-refractivity contribution >= 4 is 12.6 Å². The summed E-state index contributed by atoms with van der Waals surface area (Å²) < 4.78 is 21.7. The molecule has 4 aromatic rings. The second-order valence-electron chi connectivity index (χ2n) is 12.4. The fourth-order valence-corrected chi connectivity index (χ4v) is 6.34. The number of carbonyl (C=O) groups is 2. The van der Waals surface area contributed by atoms with Gasteiger partial charge in [-0.05, 0) is 110 Å². The van der Waals surface area contributed by atoms with Crippen LogP contribution in [-0.4, -0.2) is 61.4 Å². The summed E-state index contributed by atoms with van der Waals surface area (Å²) in [6.45, 7) is 0. The van der Waals surface area contributed by atoms with Crippen LogP contribution < -0.4 is 18.9 Å². The maximum atomic E-state index is 10.7. The van der Waals surface area contributed by atoms with Crippen molar-refractivity contribution in [2.75, 3.05) is 28.4 Å². The summed E-state index contributed by atoms with van der Waals surface area (Å²) in [4.78, 5) is 21.2. The van der Waals surface area contributed by atoms with Gasteiger partial charge in [0.25, 0.3) is 0 Å². The Bertz CT molecular complexity index is 1880. The Hall–Kier alpha value is -5.64. The number of benzene rings is 4. The molecule has 0 spiro atoms. The third kappa shape index (κ3) is 9.17. The first-order valence-electron chi connectivity index (χ1n) is 17.3. The van der Waals surface area contributed by atoms with Gasteiger partial charge in [0.15, 0.2) is 23.0 Å². The van der Waals surface area contributed by atoms with Crippen molar-refractivity contribution in [2.45, 2.75) is 64.2 Å². The van der Waals surface area contributed by atoms with Crippen LogP contribution in [0.5, 0.6) is 46.0 Å². The molecule has 5 rings (SSSR count). The van der Waals surface area contributed by atoms with Gasteiger partial charge in [-0.3, -0.25) is 0 Å². The fraction of sp³-hybridized carbons (Fsp3) is 0.333. The second-order valence-corrected chi connectivity index (χ2v) is 12.4. The van der Waals surface area contributed by atoms with Gasteiger partial charge in [-0.2, -0.15) is 0 Å². The van der Waals surface area contributed by atoms with E-state index < -0.39 is 0 Å². The summed E-state index contributed by atoms with van der Waals surface area (Å²) in [5.74, 6) is 1.53. The van der Waals surface area contributed by atoms with Gasteiger partial charge in [-0.1, -0.05) is 24.3 Å². The Labute approximate surface area is 304 Å². The van der Waals surface area contributed by atoms with Crippen LogP contribution in [0.25, 0.3) is 22.3 Å². The Morgan fingerprint density at radius 2 is 1.19 bits per heavy atom. The van der Waals surface area contributed by atoms with Gasteiger partial charge in [0, 0.05) is 35.1 Å². The quantitative estimate of drug-likeness (QED) is 0.0645. The van der Waals surface area contributed by atoms with Crippen molar-refractivity contribution < 1.29 is 49.0 Å². The summed E-state index contributed by atoms with van der Waals surface area (Å²) in [6, 6.07) is 14.4. The molecule has 0 aromatic heterocycles. The van der Waals surface area contributed by atoms with E-state index >= 15 is 0 Å². The van der Waals surface area contributed by atoms with E-state index in [2.05, 4.69) is 12.2 Å². The number of hydrogen-bond acceptors (Lipinski definition) is 10. The molecule has 10 nitrogen and oxygen atoms in total. The zero-order chi connectivity index (χ0) is 37.6. The number of aryl methyl sites for hydroxylation is 4. The highest BCUT2D eigenvalue weighted by atomic mass is 16.5. The van der Waals surface area contributed by atoms with Crippen molar-refractivity contribution in [1.82, 2.24) is 0 Å². The van der Waals surface area contributed by atoms with E-state index in [0.29, 0.717) is 71.6 Å². The molecule has 1 aliphatic rings. The topological polar surface area (TPSA) is 152 Å². The molecule has 0 unspecified atom stereocenters. The third-order valence-electron chi connectivity index (χ3n) is 9.00. The highest BCUT2D eigenvalue weighted by Crippen LogP contribution is 2.50. The summed E-state index contributed by atoms with van der Waals surface area (Å²) in [5, 5.41) is 41.9. The molecule has 0 saturated carbocycles. The third-order valence-corrected chi connectivity index (χ3v) is 9.00. The summed E-state index contributed by atoms with van der Waals surface area (Å²) in [5.41, 5.74) is 5.95. The molecule has 0 atom stereocenters. The number of fused-ring (bicyclic) bond motifs is 5. The van der Waals surface area contributed by atoms with Crippen LogP contribution >= 0.6 is 0 Å². The highest BCUT2D eigenvalue weighted by molar-refractivity contribution is 5.83. The first-order valence-corrected chi connectivity index (χ1v) is 17.3.